The zero-order valence-corrected chi connectivity index (χ0v) is 20.1. The molecule has 170 valence electrons. The first-order valence-corrected chi connectivity index (χ1v) is 12.0. The lowest BCUT2D eigenvalue weighted by Gasteiger charge is -2.21. The summed E-state index contributed by atoms with van der Waals surface area (Å²) in [6.07, 6.45) is 5.28. The Morgan fingerprint density at radius 3 is 2.12 bits per heavy atom. The zero-order chi connectivity index (χ0) is 23.6. The maximum Gasteiger partial charge on any atom is 0.241 e. The van der Waals surface area contributed by atoms with Gasteiger partial charge in [-0.1, -0.05) is 18.2 Å². The van der Waals surface area contributed by atoms with Gasteiger partial charge in [-0.3, -0.25) is 4.79 Å². The van der Waals surface area contributed by atoms with Gasteiger partial charge in [0.05, 0.1) is 23.3 Å². The summed E-state index contributed by atoms with van der Waals surface area (Å²) in [5.74, 6) is -0.389. The zero-order valence-electron chi connectivity index (χ0n) is 19.3. The molecule has 0 saturated carbocycles. The van der Waals surface area contributed by atoms with Crippen molar-refractivity contribution in [2.24, 2.45) is 0 Å². The summed E-state index contributed by atoms with van der Waals surface area (Å²) in [7, 11) is -3.86. The van der Waals surface area contributed by atoms with Gasteiger partial charge in [0.15, 0.2) is 0 Å². The Bertz CT molecular complexity index is 1190. The van der Waals surface area contributed by atoms with Crippen molar-refractivity contribution in [2.75, 3.05) is 0 Å². The van der Waals surface area contributed by atoms with Crippen LogP contribution in [0.2, 0.25) is 0 Å². The van der Waals surface area contributed by atoms with Gasteiger partial charge >= 0.3 is 0 Å². The summed E-state index contributed by atoms with van der Waals surface area (Å²) in [4.78, 5) is 17.0. The van der Waals surface area contributed by atoms with Gasteiger partial charge in [0, 0.05) is 18.1 Å². The molecular weight excluding hydrogens is 424 g/mol. The van der Waals surface area contributed by atoms with Gasteiger partial charge in [0.1, 0.15) is 0 Å². The Labute approximate surface area is 189 Å². The average molecular weight is 455 g/mol. The van der Waals surface area contributed by atoms with Crippen LogP contribution in [0.1, 0.15) is 47.7 Å². The molecule has 0 aliphatic carbocycles. The van der Waals surface area contributed by atoms with Crippen LogP contribution in [0.4, 0.5) is 0 Å². The van der Waals surface area contributed by atoms with E-state index in [-0.39, 0.29) is 16.8 Å². The van der Waals surface area contributed by atoms with Gasteiger partial charge in [-0.15, -0.1) is 0 Å². The van der Waals surface area contributed by atoms with E-state index in [0.717, 1.165) is 22.4 Å². The van der Waals surface area contributed by atoms with Crippen LogP contribution < -0.4 is 10.0 Å². The number of nitrogens with one attached hydrogen (secondary N) is 2. The van der Waals surface area contributed by atoms with E-state index in [0.29, 0.717) is 11.1 Å². The van der Waals surface area contributed by atoms with Crippen molar-refractivity contribution in [1.82, 2.24) is 19.6 Å². The number of benzene rings is 2. The van der Waals surface area contributed by atoms with Crippen molar-refractivity contribution in [1.29, 1.82) is 0 Å². The fourth-order valence-electron chi connectivity index (χ4n) is 3.70. The fourth-order valence-corrected chi connectivity index (χ4v) is 5.52. The third-order valence-corrected chi connectivity index (χ3v) is 7.66. The SMILES string of the molecule is Cc1cc(C)c(C)c(S(=O)(=O)NC(C)C(=O)NC(C)c2ccc(-n3ccnc3)cc2)c1C. The number of aromatic nitrogens is 2. The van der Waals surface area contributed by atoms with E-state index >= 15 is 0 Å². The minimum atomic E-state index is -3.86. The van der Waals surface area contributed by atoms with Crippen molar-refractivity contribution in [3.8, 4) is 5.69 Å². The van der Waals surface area contributed by atoms with Crippen LogP contribution in [0.3, 0.4) is 0 Å². The van der Waals surface area contributed by atoms with E-state index in [4.69, 9.17) is 0 Å². The first kappa shape index (κ1) is 23.7. The van der Waals surface area contributed by atoms with Crippen LogP contribution in [0.5, 0.6) is 0 Å². The van der Waals surface area contributed by atoms with Crippen molar-refractivity contribution < 1.29 is 13.2 Å². The van der Waals surface area contributed by atoms with Crippen molar-refractivity contribution >= 4 is 15.9 Å². The molecule has 0 bridgehead atoms. The third kappa shape index (κ3) is 4.92. The normalized spacial score (nSPS) is 13.6. The Hall–Kier alpha value is -2.97. The summed E-state index contributed by atoms with van der Waals surface area (Å²) < 4.78 is 30.6. The summed E-state index contributed by atoms with van der Waals surface area (Å²) >= 11 is 0. The molecule has 0 aliphatic rings. The van der Waals surface area contributed by atoms with E-state index < -0.39 is 16.1 Å². The standard InChI is InChI=1S/C24H30N4O3S/c1-15-13-16(2)18(4)23(17(15)3)32(30,31)27-20(6)24(29)26-19(5)21-7-9-22(10-8-21)28-12-11-25-14-28/h7-14,19-20,27H,1-6H3,(H,26,29). The van der Waals surface area contributed by atoms with Gasteiger partial charge in [0.25, 0.3) is 0 Å². The van der Waals surface area contributed by atoms with Gasteiger partial charge < -0.3 is 9.88 Å². The molecule has 2 atom stereocenters. The molecule has 2 N–H and O–H groups in total. The number of imidazole rings is 1. The van der Waals surface area contributed by atoms with E-state index in [1.165, 1.54) is 0 Å². The van der Waals surface area contributed by atoms with Crippen LogP contribution in [-0.2, 0) is 14.8 Å². The number of nitrogens with zero attached hydrogens (tertiary/aromatic N) is 2. The molecular formula is C24H30N4O3S. The van der Waals surface area contributed by atoms with Gasteiger partial charge in [-0.05, 0) is 81.5 Å². The van der Waals surface area contributed by atoms with Crippen LogP contribution in [-0.4, -0.2) is 29.9 Å². The van der Waals surface area contributed by atoms with E-state index in [9.17, 15) is 13.2 Å². The van der Waals surface area contributed by atoms with E-state index in [1.807, 2.05) is 61.9 Å². The number of carbonyl (C=O) groups is 1. The monoisotopic (exact) mass is 454 g/mol. The fraction of sp³-hybridized carbons (Fsp3) is 0.333. The highest BCUT2D eigenvalue weighted by Gasteiger charge is 2.27. The Morgan fingerprint density at radius 1 is 1.00 bits per heavy atom. The molecule has 0 radical (unpaired) electrons. The molecule has 32 heavy (non-hydrogen) atoms. The Kier molecular flexibility index (Phi) is 6.85. The molecule has 1 amide bonds. The Balaban J connectivity index is 1.71. The summed E-state index contributed by atoms with van der Waals surface area (Å²) in [6, 6.07) is 8.51. The second-order valence-electron chi connectivity index (χ2n) is 8.22. The highest BCUT2D eigenvalue weighted by molar-refractivity contribution is 7.89. The Morgan fingerprint density at radius 2 is 1.59 bits per heavy atom. The van der Waals surface area contributed by atoms with Crippen LogP contribution in [0.25, 0.3) is 5.69 Å². The number of rotatable bonds is 7. The molecule has 7 nitrogen and oxygen atoms in total. The number of aryl methyl sites for hydroxylation is 2. The first-order chi connectivity index (χ1) is 15.0. The molecule has 8 heteroatoms. The second kappa shape index (κ2) is 9.26. The number of carbonyl (C=O) groups excluding carboxylic acids is 1. The summed E-state index contributed by atoms with van der Waals surface area (Å²) in [5, 5.41) is 2.89. The van der Waals surface area contributed by atoms with E-state index in [1.54, 1.807) is 33.3 Å². The van der Waals surface area contributed by atoms with Crippen LogP contribution in [0.15, 0.2) is 53.9 Å². The summed E-state index contributed by atoms with van der Waals surface area (Å²) in [6.45, 7) is 10.8. The van der Waals surface area contributed by atoms with Gasteiger partial charge in [-0.25, -0.2) is 13.4 Å². The predicted molar refractivity (Wildman–Crippen MR) is 125 cm³/mol. The smallest absolute Gasteiger partial charge is 0.241 e. The van der Waals surface area contributed by atoms with Gasteiger partial charge in [-0.2, -0.15) is 4.72 Å². The lowest BCUT2D eigenvalue weighted by atomic mass is 10.0. The number of hydrogen-bond donors (Lipinski definition) is 2. The number of hydrogen-bond acceptors (Lipinski definition) is 4. The van der Waals surface area contributed by atoms with Gasteiger partial charge in [0.2, 0.25) is 15.9 Å². The van der Waals surface area contributed by atoms with Crippen LogP contribution in [0, 0.1) is 27.7 Å². The molecule has 0 saturated heterocycles. The molecule has 1 aromatic heterocycles. The molecule has 3 rings (SSSR count). The molecule has 2 unspecified atom stereocenters. The minimum absolute atomic E-state index is 0.248. The number of amides is 1. The topological polar surface area (TPSA) is 93.1 Å². The van der Waals surface area contributed by atoms with Crippen LogP contribution >= 0.6 is 0 Å². The molecule has 0 spiro atoms. The lowest BCUT2D eigenvalue weighted by molar-refractivity contribution is -0.123. The van der Waals surface area contributed by atoms with Crippen molar-refractivity contribution in [3.05, 3.63) is 76.9 Å². The van der Waals surface area contributed by atoms with Crippen molar-refractivity contribution in [3.63, 3.8) is 0 Å². The largest absolute Gasteiger partial charge is 0.348 e. The third-order valence-electron chi connectivity index (χ3n) is 5.85. The molecule has 1 heterocycles. The lowest BCUT2D eigenvalue weighted by Crippen LogP contribution is -2.45. The quantitative estimate of drug-likeness (QED) is 0.570. The maximum absolute atomic E-state index is 13.1. The van der Waals surface area contributed by atoms with E-state index in [2.05, 4.69) is 15.0 Å². The molecule has 0 fully saturated rings. The average Bonchev–Trinajstić information content (AvgIpc) is 3.27. The molecule has 0 aliphatic heterocycles. The van der Waals surface area contributed by atoms with Crippen molar-refractivity contribution in [2.45, 2.75) is 58.5 Å². The predicted octanol–water partition coefficient (Wildman–Crippen LogP) is 3.65. The second-order valence-corrected chi connectivity index (χ2v) is 9.88. The summed E-state index contributed by atoms with van der Waals surface area (Å²) in [5.41, 5.74) is 5.07. The molecule has 3 aromatic rings. The molecule has 2 aromatic carbocycles. The maximum atomic E-state index is 13.1. The minimum Gasteiger partial charge on any atom is -0.348 e. The first-order valence-electron chi connectivity index (χ1n) is 10.5. The number of sulfonamides is 1. The highest BCUT2D eigenvalue weighted by Crippen LogP contribution is 2.26. The highest BCUT2D eigenvalue weighted by atomic mass is 32.2.